The molecule has 15 heavy (non-hydrogen) atoms. The SMILES string of the molecule is CN(CC1CCNC1)c1ncccn1.Cl. The zero-order chi connectivity index (χ0) is 9.80. The molecule has 0 aromatic carbocycles. The molecule has 1 fully saturated rings. The van der Waals surface area contributed by atoms with Crippen LogP contribution in [0.5, 0.6) is 0 Å². The van der Waals surface area contributed by atoms with Crippen LogP contribution in [-0.2, 0) is 0 Å². The smallest absolute Gasteiger partial charge is 0.224 e. The summed E-state index contributed by atoms with van der Waals surface area (Å²) in [4.78, 5) is 10.6. The summed E-state index contributed by atoms with van der Waals surface area (Å²) in [7, 11) is 2.05. The quantitative estimate of drug-likeness (QED) is 0.836. The van der Waals surface area contributed by atoms with Crippen molar-refractivity contribution in [2.24, 2.45) is 5.92 Å². The van der Waals surface area contributed by atoms with Gasteiger partial charge < -0.3 is 10.2 Å². The molecule has 5 heteroatoms. The first kappa shape index (κ1) is 12.2. The Morgan fingerprint density at radius 1 is 1.47 bits per heavy atom. The maximum absolute atomic E-state index is 4.22. The van der Waals surface area contributed by atoms with E-state index in [1.807, 2.05) is 13.1 Å². The topological polar surface area (TPSA) is 41.0 Å². The molecule has 0 bridgehead atoms. The summed E-state index contributed by atoms with van der Waals surface area (Å²) in [5.74, 6) is 1.56. The van der Waals surface area contributed by atoms with Crippen LogP contribution in [0.2, 0.25) is 0 Å². The molecular formula is C10H17ClN4. The lowest BCUT2D eigenvalue weighted by molar-refractivity contribution is 0.573. The van der Waals surface area contributed by atoms with Gasteiger partial charge in [0.1, 0.15) is 0 Å². The molecule has 1 N–H and O–H groups in total. The number of nitrogens with one attached hydrogen (secondary N) is 1. The number of nitrogens with zero attached hydrogens (tertiary/aromatic N) is 3. The van der Waals surface area contributed by atoms with Gasteiger partial charge in [-0.25, -0.2) is 9.97 Å². The summed E-state index contributed by atoms with van der Waals surface area (Å²) >= 11 is 0. The van der Waals surface area contributed by atoms with E-state index in [2.05, 4.69) is 20.2 Å². The maximum atomic E-state index is 4.22. The lowest BCUT2D eigenvalue weighted by Gasteiger charge is -2.20. The molecule has 1 unspecified atom stereocenters. The molecule has 0 spiro atoms. The molecule has 4 nitrogen and oxygen atoms in total. The average Bonchev–Trinajstić information content (AvgIpc) is 2.72. The van der Waals surface area contributed by atoms with E-state index >= 15 is 0 Å². The number of hydrogen-bond donors (Lipinski definition) is 1. The van der Waals surface area contributed by atoms with Crippen molar-refractivity contribution in [3.63, 3.8) is 0 Å². The third-order valence-corrected chi connectivity index (χ3v) is 2.59. The number of aromatic nitrogens is 2. The summed E-state index contributed by atoms with van der Waals surface area (Å²) in [6, 6.07) is 1.84. The highest BCUT2D eigenvalue weighted by Crippen LogP contribution is 2.11. The third-order valence-electron chi connectivity index (χ3n) is 2.59. The van der Waals surface area contributed by atoms with Crippen molar-refractivity contribution < 1.29 is 0 Å². The molecule has 1 atom stereocenters. The highest BCUT2D eigenvalue weighted by atomic mass is 35.5. The second-order valence-corrected chi connectivity index (χ2v) is 3.79. The van der Waals surface area contributed by atoms with Crippen LogP contribution in [0.3, 0.4) is 0 Å². The fourth-order valence-corrected chi connectivity index (χ4v) is 1.83. The summed E-state index contributed by atoms with van der Waals surface area (Å²) in [5, 5.41) is 3.36. The van der Waals surface area contributed by atoms with Crippen molar-refractivity contribution in [3.8, 4) is 0 Å². The van der Waals surface area contributed by atoms with Crippen LogP contribution in [0.4, 0.5) is 5.95 Å². The van der Waals surface area contributed by atoms with E-state index in [-0.39, 0.29) is 12.4 Å². The summed E-state index contributed by atoms with van der Waals surface area (Å²) in [6.07, 6.45) is 4.83. The second kappa shape index (κ2) is 5.88. The van der Waals surface area contributed by atoms with Crippen molar-refractivity contribution in [2.45, 2.75) is 6.42 Å². The first-order chi connectivity index (χ1) is 6.86. The van der Waals surface area contributed by atoms with Crippen molar-refractivity contribution in [3.05, 3.63) is 18.5 Å². The average molecular weight is 229 g/mol. The van der Waals surface area contributed by atoms with Gasteiger partial charge in [0.05, 0.1) is 0 Å². The molecule has 2 heterocycles. The largest absolute Gasteiger partial charge is 0.344 e. The van der Waals surface area contributed by atoms with E-state index in [0.29, 0.717) is 0 Å². The van der Waals surface area contributed by atoms with Gasteiger partial charge in [-0.05, 0) is 31.5 Å². The Kier molecular flexibility index (Phi) is 4.78. The van der Waals surface area contributed by atoms with Gasteiger partial charge in [-0.15, -0.1) is 12.4 Å². The van der Waals surface area contributed by atoms with E-state index < -0.39 is 0 Å². The van der Waals surface area contributed by atoms with Crippen LogP contribution < -0.4 is 10.2 Å². The highest BCUT2D eigenvalue weighted by molar-refractivity contribution is 5.85. The molecule has 0 amide bonds. The zero-order valence-corrected chi connectivity index (χ0v) is 9.70. The second-order valence-electron chi connectivity index (χ2n) is 3.79. The molecule has 0 radical (unpaired) electrons. The van der Waals surface area contributed by atoms with Gasteiger partial charge in [0, 0.05) is 26.0 Å². The first-order valence-corrected chi connectivity index (χ1v) is 5.05. The minimum Gasteiger partial charge on any atom is -0.344 e. The van der Waals surface area contributed by atoms with Gasteiger partial charge >= 0.3 is 0 Å². The summed E-state index contributed by atoms with van der Waals surface area (Å²) < 4.78 is 0. The highest BCUT2D eigenvalue weighted by Gasteiger charge is 2.17. The zero-order valence-electron chi connectivity index (χ0n) is 8.89. The molecule has 1 aromatic rings. The summed E-state index contributed by atoms with van der Waals surface area (Å²) in [6.45, 7) is 3.31. The molecule has 0 aliphatic carbocycles. The molecule has 1 saturated heterocycles. The minimum atomic E-state index is 0. The summed E-state index contributed by atoms with van der Waals surface area (Å²) in [5.41, 5.74) is 0. The molecule has 84 valence electrons. The molecule has 1 aliphatic heterocycles. The van der Waals surface area contributed by atoms with Gasteiger partial charge in [0.15, 0.2) is 0 Å². The normalized spacial score (nSPS) is 19.7. The molecule has 1 aliphatic rings. The number of anilines is 1. The lowest BCUT2D eigenvalue weighted by atomic mass is 10.1. The number of halogens is 1. The Morgan fingerprint density at radius 3 is 2.80 bits per heavy atom. The van der Waals surface area contributed by atoms with E-state index in [9.17, 15) is 0 Å². The number of rotatable bonds is 3. The Labute approximate surface area is 96.5 Å². The predicted molar refractivity (Wildman–Crippen MR) is 63.5 cm³/mol. The molecule has 0 saturated carbocycles. The lowest BCUT2D eigenvalue weighted by Crippen LogP contribution is -2.28. The van der Waals surface area contributed by atoms with Crippen LogP contribution >= 0.6 is 12.4 Å². The van der Waals surface area contributed by atoms with Crippen molar-refractivity contribution in [1.29, 1.82) is 0 Å². The van der Waals surface area contributed by atoms with Crippen molar-refractivity contribution in [2.75, 3.05) is 31.6 Å². The van der Waals surface area contributed by atoms with E-state index in [1.165, 1.54) is 6.42 Å². The van der Waals surface area contributed by atoms with Crippen LogP contribution in [0.15, 0.2) is 18.5 Å². The van der Waals surface area contributed by atoms with Gasteiger partial charge in [-0.3, -0.25) is 0 Å². The predicted octanol–water partition coefficient (Wildman–Crippen LogP) is 0.944. The van der Waals surface area contributed by atoms with Crippen LogP contribution in [-0.4, -0.2) is 36.6 Å². The monoisotopic (exact) mass is 228 g/mol. The Balaban J connectivity index is 0.00000112. The van der Waals surface area contributed by atoms with Crippen LogP contribution in [0.1, 0.15) is 6.42 Å². The fraction of sp³-hybridized carbons (Fsp3) is 0.600. The molecule has 2 rings (SSSR count). The van der Waals surface area contributed by atoms with Crippen LogP contribution in [0, 0.1) is 5.92 Å². The third kappa shape index (κ3) is 3.32. The number of hydrogen-bond acceptors (Lipinski definition) is 4. The molecule has 1 aromatic heterocycles. The van der Waals surface area contributed by atoms with Gasteiger partial charge in [-0.1, -0.05) is 0 Å². The van der Waals surface area contributed by atoms with Crippen molar-refractivity contribution >= 4 is 18.4 Å². The van der Waals surface area contributed by atoms with E-state index in [4.69, 9.17) is 0 Å². The minimum absolute atomic E-state index is 0. The van der Waals surface area contributed by atoms with E-state index in [0.717, 1.165) is 31.5 Å². The fourth-order valence-electron chi connectivity index (χ4n) is 1.83. The van der Waals surface area contributed by atoms with Gasteiger partial charge in [0.2, 0.25) is 5.95 Å². The van der Waals surface area contributed by atoms with Gasteiger partial charge in [0.25, 0.3) is 0 Å². The van der Waals surface area contributed by atoms with Crippen LogP contribution in [0.25, 0.3) is 0 Å². The van der Waals surface area contributed by atoms with Crippen molar-refractivity contribution in [1.82, 2.24) is 15.3 Å². The first-order valence-electron chi connectivity index (χ1n) is 5.05. The molecular weight excluding hydrogens is 212 g/mol. The van der Waals surface area contributed by atoms with E-state index in [1.54, 1.807) is 12.4 Å². The van der Waals surface area contributed by atoms with Gasteiger partial charge in [-0.2, -0.15) is 0 Å². The standard InChI is InChI=1S/C10H16N4.ClH/c1-14(8-9-3-6-11-7-9)10-12-4-2-5-13-10;/h2,4-5,9,11H,3,6-8H2,1H3;1H. The maximum Gasteiger partial charge on any atom is 0.224 e. The Morgan fingerprint density at radius 2 is 2.20 bits per heavy atom. The Bertz CT molecular complexity index is 274. The Hall–Kier alpha value is -0.870.